The molecule has 1 aromatic rings. The fourth-order valence-corrected chi connectivity index (χ4v) is 3.85. The number of fused-ring (bicyclic) bond motifs is 1. The van der Waals surface area contributed by atoms with Gasteiger partial charge in [-0.25, -0.2) is 4.79 Å². The van der Waals surface area contributed by atoms with Gasteiger partial charge in [0.15, 0.2) is 6.04 Å². The van der Waals surface area contributed by atoms with Crippen LogP contribution in [0.5, 0.6) is 0 Å². The van der Waals surface area contributed by atoms with E-state index in [1.807, 2.05) is 0 Å². The normalized spacial score (nSPS) is 27.9. The van der Waals surface area contributed by atoms with E-state index in [-0.39, 0.29) is 17.5 Å². The van der Waals surface area contributed by atoms with Crippen molar-refractivity contribution in [1.82, 2.24) is 10.2 Å². The summed E-state index contributed by atoms with van der Waals surface area (Å²) in [6.07, 6.45) is -3.19. The van der Waals surface area contributed by atoms with Gasteiger partial charge in [0.1, 0.15) is 0 Å². The third-order valence-electron chi connectivity index (χ3n) is 4.87. The zero-order valence-electron chi connectivity index (χ0n) is 12.8. The molecular formula is C16H18ClF3N2O2. The molecule has 0 aromatic heterocycles. The first-order valence-electron chi connectivity index (χ1n) is 7.85. The molecule has 2 aliphatic rings. The van der Waals surface area contributed by atoms with Gasteiger partial charge in [-0.2, -0.15) is 13.2 Å². The molecule has 0 radical (unpaired) electrons. The van der Waals surface area contributed by atoms with E-state index >= 15 is 0 Å². The number of rotatable bonds is 2. The topological polar surface area (TPSA) is 52.6 Å². The Kier molecular flexibility index (Phi) is 4.66. The summed E-state index contributed by atoms with van der Waals surface area (Å²) in [6, 6.07) is 1.92. The van der Waals surface area contributed by atoms with Crippen molar-refractivity contribution in [3.05, 3.63) is 34.9 Å². The van der Waals surface area contributed by atoms with Crippen molar-refractivity contribution in [2.45, 2.75) is 43.6 Å². The summed E-state index contributed by atoms with van der Waals surface area (Å²) < 4.78 is 40.1. The Labute approximate surface area is 142 Å². The van der Waals surface area contributed by atoms with Gasteiger partial charge in [-0.1, -0.05) is 23.7 Å². The third kappa shape index (κ3) is 3.32. The second-order valence-corrected chi connectivity index (χ2v) is 6.79. The molecule has 1 saturated carbocycles. The minimum atomic E-state index is -4.63. The molecule has 1 aliphatic heterocycles. The van der Waals surface area contributed by atoms with Gasteiger partial charge in [-0.05, 0) is 42.9 Å². The quantitative estimate of drug-likeness (QED) is 0.846. The Morgan fingerprint density at radius 3 is 2.54 bits per heavy atom. The van der Waals surface area contributed by atoms with Crippen molar-refractivity contribution in [1.29, 1.82) is 0 Å². The molecule has 3 rings (SSSR count). The van der Waals surface area contributed by atoms with Crippen LogP contribution in [0.1, 0.15) is 30.9 Å². The van der Waals surface area contributed by atoms with Crippen molar-refractivity contribution in [3.63, 3.8) is 0 Å². The highest BCUT2D eigenvalue weighted by molar-refractivity contribution is 6.30. The maximum Gasteiger partial charge on any atom is 0.412 e. The SMILES string of the molecule is O=C(NC(c1ccc(Cl)cc1)C(F)(F)F)N1CC[C@@H]2CC[C@@H](O)[C@@H]21. The number of nitrogens with zero attached hydrogens (tertiary/aromatic N) is 1. The Balaban J connectivity index is 1.78. The number of amides is 2. The maximum absolute atomic E-state index is 13.4. The number of nitrogens with one attached hydrogen (secondary N) is 1. The van der Waals surface area contributed by atoms with Crippen LogP contribution < -0.4 is 5.32 Å². The molecule has 0 bridgehead atoms. The van der Waals surface area contributed by atoms with E-state index < -0.39 is 24.4 Å². The van der Waals surface area contributed by atoms with Crippen LogP contribution in [0.4, 0.5) is 18.0 Å². The van der Waals surface area contributed by atoms with Gasteiger partial charge in [0.25, 0.3) is 0 Å². The Morgan fingerprint density at radius 2 is 1.92 bits per heavy atom. The largest absolute Gasteiger partial charge is 0.412 e. The predicted octanol–water partition coefficient (Wildman–Crippen LogP) is 3.50. The van der Waals surface area contributed by atoms with Gasteiger partial charge in [0, 0.05) is 11.6 Å². The molecule has 8 heteroatoms. The van der Waals surface area contributed by atoms with Crippen LogP contribution in [0.2, 0.25) is 5.02 Å². The lowest BCUT2D eigenvalue weighted by atomic mass is 10.0. The zero-order valence-corrected chi connectivity index (χ0v) is 13.5. The summed E-state index contributed by atoms with van der Waals surface area (Å²) in [6.45, 7) is 0.365. The number of carbonyl (C=O) groups excluding carboxylic acids is 1. The van der Waals surface area contributed by atoms with Crippen LogP contribution in [0, 0.1) is 5.92 Å². The van der Waals surface area contributed by atoms with Crippen LogP contribution in [0.3, 0.4) is 0 Å². The fraction of sp³-hybridized carbons (Fsp3) is 0.562. The van der Waals surface area contributed by atoms with Gasteiger partial charge < -0.3 is 15.3 Å². The summed E-state index contributed by atoms with van der Waals surface area (Å²) in [5, 5.41) is 12.4. The number of benzene rings is 1. The van der Waals surface area contributed by atoms with E-state index in [0.717, 1.165) is 6.42 Å². The van der Waals surface area contributed by atoms with Gasteiger partial charge >= 0.3 is 12.2 Å². The molecule has 1 saturated heterocycles. The van der Waals surface area contributed by atoms with Crippen molar-refractivity contribution < 1.29 is 23.1 Å². The predicted molar refractivity (Wildman–Crippen MR) is 82.6 cm³/mol. The first-order valence-corrected chi connectivity index (χ1v) is 8.22. The zero-order chi connectivity index (χ0) is 17.5. The van der Waals surface area contributed by atoms with Crippen LogP contribution in [0.15, 0.2) is 24.3 Å². The molecule has 2 fully saturated rings. The molecule has 4 atom stereocenters. The molecule has 24 heavy (non-hydrogen) atoms. The first-order chi connectivity index (χ1) is 11.3. The number of hydrogen-bond acceptors (Lipinski definition) is 2. The van der Waals surface area contributed by atoms with Crippen molar-refractivity contribution in [2.24, 2.45) is 5.92 Å². The molecule has 0 spiro atoms. The summed E-state index contributed by atoms with van der Waals surface area (Å²) in [5.41, 5.74) is -0.0806. The van der Waals surface area contributed by atoms with E-state index in [1.54, 1.807) is 0 Å². The van der Waals surface area contributed by atoms with E-state index in [1.165, 1.54) is 29.2 Å². The Hall–Kier alpha value is -1.47. The van der Waals surface area contributed by atoms with E-state index in [2.05, 4.69) is 5.32 Å². The summed E-state index contributed by atoms with van der Waals surface area (Å²) in [5.74, 6) is 0.172. The minimum absolute atomic E-state index is 0.0806. The summed E-state index contributed by atoms with van der Waals surface area (Å²) >= 11 is 5.71. The number of halogens is 4. The van der Waals surface area contributed by atoms with Crippen LogP contribution in [-0.4, -0.2) is 40.9 Å². The Morgan fingerprint density at radius 1 is 1.25 bits per heavy atom. The van der Waals surface area contributed by atoms with E-state index in [4.69, 9.17) is 11.6 Å². The molecule has 1 aromatic carbocycles. The van der Waals surface area contributed by atoms with Gasteiger partial charge in [0.2, 0.25) is 0 Å². The van der Waals surface area contributed by atoms with Crippen LogP contribution in [-0.2, 0) is 0 Å². The lowest BCUT2D eigenvalue weighted by Gasteiger charge is -2.30. The lowest BCUT2D eigenvalue weighted by Crippen LogP contribution is -2.50. The Bertz CT molecular complexity index is 608. The average Bonchev–Trinajstić information content (AvgIpc) is 3.08. The molecule has 1 unspecified atom stereocenters. The van der Waals surface area contributed by atoms with Crippen LogP contribution >= 0.6 is 11.6 Å². The van der Waals surface area contributed by atoms with Crippen molar-refractivity contribution in [3.8, 4) is 0 Å². The smallest absolute Gasteiger partial charge is 0.391 e. The number of aliphatic hydroxyl groups excluding tert-OH is 1. The highest BCUT2D eigenvalue weighted by Gasteiger charge is 2.48. The van der Waals surface area contributed by atoms with E-state index in [9.17, 15) is 23.1 Å². The monoisotopic (exact) mass is 362 g/mol. The second kappa shape index (κ2) is 6.44. The number of urea groups is 1. The molecule has 4 nitrogen and oxygen atoms in total. The minimum Gasteiger partial charge on any atom is -0.391 e. The number of carbonyl (C=O) groups is 1. The molecule has 2 amide bonds. The second-order valence-electron chi connectivity index (χ2n) is 6.35. The highest BCUT2D eigenvalue weighted by atomic mass is 35.5. The highest BCUT2D eigenvalue weighted by Crippen LogP contribution is 2.39. The maximum atomic E-state index is 13.4. The van der Waals surface area contributed by atoms with Crippen molar-refractivity contribution >= 4 is 17.6 Å². The van der Waals surface area contributed by atoms with Gasteiger partial charge in [-0.15, -0.1) is 0 Å². The molecule has 2 N–H and O–H groups in total. The first kappa shape index (κ1) is 17.4. The van der Waals surface area contributed by atoms with Gasteiger partial charge in [-0.3, -0.25) is 0 Å². The number of alkyl halides is 3. The molecular weight excluding hydrogens is 345 g/mol. The number of aliphatic hydroxyl groups is 1. The van der Waals surface area contributed by atoms with Crippen LogP contribution in [0.25, 0.3) is 0 Å². The standard InChI is InChI=1S/C16H18ClF3N2O2/c17-11-4-1-10(2-5-11)14(16(18,19)20)21-15(24)22-8-7-9-3-6-12(23)13(9)22/h1-2,4-5,9,12-14,23H,3,6-8H2,(H,21,24)/t9-,12+,13+,14?/m0/s1. The van der Waals surface area contributed by atoms with Crippen molar-refractivity contribution in [2.75, 3.05) is 6.54 Å². The summed E-state index contributed by atoms with van der Waals surface area (Å²) in [4.78, 5) is 13.8. The number of hydrogen-bond donors (Lipinski definition) is 2. The number of likely N-dealkylation sites (tertiary alicyclic amines) is 1. The van der Waals surface area contributed by atoms with E-state index in [0.29, 0.717) is 24.4 Å². The fourth-order valence-electron chi connectivity index (χ4n) is 3.72. The van der Waals surface area contributed by atoms with Gasteiger partial charge in [0.05, 0.1) is 12.1 Å². The molecule has 1 heterocycles. The molecule has 132 valence electrons. The average molecular weight is 363 g/mol. The summed E-state index contributed by atoms with van der Waals surface area (Å²) in [7, 11) is 0. The lowest BCUT2D eigenvalue weighted by molar-refractivity contribution is -0.155. The third-order valence-corrected chi connectivity index (χ3v) is 5.12. The molecule has 1 aliphatic carbocycles.